The van der Waals surface area contributed by atoms with Gasteiger partial charge in [0.15, 0.2) is 5.54 Å². The Kier molecular flexibility index (Phi) is 4.55. The number of carbonyl (C=O) groups is 2. The minimum atomic E-state index is -1.06. The lowest BCUT2D eigenvalue weighted by Gasteiger charge is -2.22. The molecule has 2 aliphatic rings. The summed E-state index contributed by atoms with van der Waals surface area (Å²) < 4.78 is 0. The summed E-state index contributed by atoms with van der Waals surface area (Å²) in [4.78, 5) is 36.3. The summed E-state index contributed by atoms with van der Waals surface area (Å²) in [5.74, 6) is 0.0760. The molecule has 0 aliphatic carbocycles. The molecule has 1 fully saturated rings. The van der Waals surface area contributed by atoms with E-state index in [1.165, 1.54) is 6.92 Å². The molecule has 146 valence electrons. The van der Waals surface area contributed by atoms with Gasteiger partial charge in [0.1, 0.15) is 5.84 Å². The lowest BCUT2D eigenvalue weighted by atomic mass is 9.91. The Balaban J connectivity index is 1.64. The third-order valence-electron chi connectivity index (χ3n) is 5.48. The van der Waals surface area contributed by atoms with E-state index in [2.05, 4.69) is 15.3 Å². The van der Waals surface area contributed by atoms with Crippen LogP contribution in [0.2, 0.25) is 0 Å². The molecule has 0 spiro atoms. The maximum Gasteiger partial charge on any atom is 0.257 e. The van der Waals surface area contributed by atoms with Crippen LogP contribution >= 0.6 is 11.3 Å². The van der Waals surface area contributed by atoms with Gasteiger partial charge in [0, 0.05) is 19.9 Å². The number of hydrogen-bond donors (Lipinski definition) is 2. The summed E-state index contributed by atoms with van der Waals surface area (Å²) in [5.41, 5.74) is 3.56. The minimum Gasteiger partial charge on any atom is -0.391 e. The van der Waals surface area contributed by atoms with Crippen molar-refractivity contribution in [1.82, 2.24) is 15.2 Å². The zero-order valence-corrected chi connectivity index (χ0v) is 16.8. The van der Waals surface area contributed by atoms with E-state index in [-0.39, 0.29) is 18.4 Å². The Bertz CT molecular complexity index is 968. The van der Waals surface area contributed by atoms with E-state index in [9.17, 15) is 14.7 Å². The predicted molar refractivity (Wildman–Crippen MR) is 107 cm³/mol. The number of amides is 2. The molecule has 28 heavy (non-hydrogen) atoms. The first-order valence-corrected chi connectivity index (χ1v) is 10.0. The number of rotatable bonds is 3. The van der Waals surface area contributed by atoms with E-state index >= 15 is 0 Å². The van der Waals surface area contributed by atoms with Crippen LogP contribution in [0.4, 0.5) is 0 Å². The van der Waals surface area contributed by atoms with Gasteiger partial charge in [-0.2, -0.15) is 0 Å². The second-order valence-electron chi connectivity index (χ2n) is 7.44. The van der Waals surface area contributed by atoms with Crippen molar-refractivity contribution in [2.24, 2.45) is 4.99 Å². The molecule has 2 aliphatic heterocycles. The number of aliphatic hydroxyl groups excluding tert-OH is 1. The van der Waals surface area contributed by atoms with Crippen molar-refractivity contribution in [3.05, 3.63) is 41.0 Å². The van der Waals surface area contributed by atoms with Gasteiger partial charge < -0.3 is 15.3 Å². The smallest absolute Gasteiger partial charge is 0.257 e. The first-order valence-electron chi connectivity index (χ1n) is 9.17. The molecule has 0 saturated carbocycles. The normalized spacial score (nSPS) is 27.1. The van der Waals surface area contributed by atoms with Gasteiger partial charge in [0.2, 0.25) is 5.91 Å². The number of carbonyl (C=O) groups excluding carboxylic acids is 2. The molecule has 4 rings (SSSR count). The molecule has 1 saturated heterocycles. The Morgan fingerprint density at radius 1 is 1.36 bits per heavy atom. The van der Waals surface area contributed by atoms with E-state index in [0.29, 0.717) is 12.3 Å². The largest absolute Gasteiger partial charge is 0.391 e. The molecule has 1 aromatic heterocycles. The zero-order chi connectivity index (χ0) is 20.1. The Morgan fingerprint density at radius 2 is 2.07 bits per heavy atom. The lowest BCUT2D eigenvalue weighted by molar-refractivity contribution is -0.129. The van der Waals surface area contributed by atoms with Crippen LogP contribution in [0.3, 0.4) is 0 Å². The SMILES string of the molecule is CC(=O)N1CC(O)CC1C1=NC(C)(c2ccc(-c3scnc3C)cc2)C(=O)N1. The number of aliphatic hydroxyl groups is 1. The second-order valence-corrected chi connectivity index (χ2v) is 8.30. The fourth-order valence-electron chi connectivity index (χ4n) is 3.86. The quantitative estimate of drug-likeness (QED) is 0.825. The van der Waals surface area contributed by atoms with E-state index in [1.807, 2.05) is 36.7 Å². The fourth-order valence-corrected chi connectivity index (χ4v) is 4.67. The monoisotopic (exact) mass is 398 g/mol. The number of amidine groups is 1. The van der Waals surface area contributed by atoms with Crippen LogP contribution in [0, 0.1) is 6.92 Å². The highest BCUT2D eigenvalue weighted by Gasteiger charge is 2.46. The summed E-state index contributed by atoms with van der Waals surface area (Å²) in [6.45, 7) is 5.46. The van der Waals surface area contributed by atoms with Gasteiger partial charge in [-0.3, -0.25) is 9.59 Å². The third kappa shape index (κ3) is 3.02. The van der Waals surface area contributed by atoms with Crippen LogP contribution in [0.1, 0.15) is 31.5 Å². The average molecular weight is 398 g/mol. The topological polar surface area (TPSA) is 94.9 Å². The van der Waals surface area contributed by atoms with Gasteiger partial charge in [-0.15, -0.1) is 11.3 Å². The summed E-state index contributed by atoms with van der Waals surface area (Å²) >= 11 is 1.58. The van der Waals surface area contributed by atoms with Gasteiger partial charge in [-0.05, 0) is 25.0 Å². The summed E-state index contributed by atoms with van der Waals surface area (Å²) in [7, 11) is 0. The Labute approximate surface area is 167 Å². The number of aromatic nitrogens is 1. The summed E-state index contributed by atoms with van der Waals surface area (Å²) in [5, 5.41) is 12.8. The van der Waals surface area contributed by atoms with Gasteiger partial charge in [0.05, 0.1) is 28.2 Å². The number of nitrogens with zero attached hydrogens (tertiary/aromatic N) is 3. The number of thiazole rings is 1. The van der Waals surface area contributed by atoms with Crippen molar-refractivity contribution in [3.63, 3.8) is 0 Å². The Morgan fingerprint density at radius 3 is 2.68 bits per heavy atom. The van der Waals surface area contributed by atoms with Crippen LogP contribution in [-0.4, -0.2) is 51.3 Å². The van der Waals surface area contributed by atoms with Crippen molar-refractivity contribution in [1.29, 1.82) is 0 Å². The maximum atomic E-state index is 12.8. The number of aliphatic imine (C=N–C) groups is 1. The number of aryl methyl sites for hydroxylation is 1. The zero-order valence-electron chi connectivity index (χ0n) is 16.0. The molecule has 8 heteroatoms. The molecule has 3 heterocycles. The van der Waals surface area contributed by atoms with Crippen LogP contribution < -0.4 is 5.32 Å². The number of likely N-dealkylation sites (tertiary alicyclic amines) is 1. The predicted octanol–water partition coefficient (Wildman–Crippen LogP) is 1.84. The van der Waals surface area contributed by atoms with Crippen molar-refractivity contribution in [2.75, 3.05) is 6.54 Å². The van der Waals surface area contributed by atoms with Crippen molar-refractivity contribution in [2.45, 2.75) is 44.9 Å². The molecule has 0 bridgehead atoms. The summed E-state index contributed by atoms with van der Waals surface area (Å²) in [6.07, 6.45) is -0.236. The van der Waals surface area contributed by atoms with Crippen molar-refractivity contribution >= 4 is 29.0 Å². The van der Waals surface area contributed by atoms with Gasteiger partial charge in [-0.1, -0.05) is 24.3 Å². The maximum absolute atomic E-state index is 12.8. The molecule has 2 aromatic rings. The number of nitrogens with one attached hydrogen (secondary N) is 1. The first-order chi connectivity index (χ1) is 13.3. The average Bonchev–Trinajstić information content (AvgIpc) is 3.34. The van der Waals surface area contributed by atoms with E-state index in [1.54, 1.807) is 23.2 Å². The molecule has 3 unspecified atom stereocenters. The first kappa shape index (κ1) is 18.8. The van der Waals surface area contributed by atoms with E-state index < -0.39 is 17.7 Å². The number of hydrogen-bond acceptors (Lipinski definition) is 6. The molecule has 7 nitrogen and oxygen atoms in total. The number of benzene rings is 1. The third-order valence-corrected chi connectivity index (χ3v) is 6.46. The highest BCUT2D eigenvalue weighted by atomic mass is 32.1. The highest BCUT2D eigenvalue weighted by Crippen LogP contribution is 2.34. The van der Waals surface area contributed by atoms with Crippen LogP contribution in [0.15, 0.2) is 34.8 Å². The standard InChI is InChI=1S/C20H22N4O3S/c1-11-17(28-10-21-11)13-4-6-14(7-5-13)20(3)19(27)22-18(23-20)16-8-15(26)9-24(16)12(2)25/h4-7,10,15-16,26H,8-9H2,1-3H3,(H,22,23,27). The molecule has 1 aromatic carbocycles. The number of β-amino-alcohol motifs (C(OH)–C–C–N with tert-alkyl or cyclic N) is 1. The molecule has 2 N–H and O–H groups in total. The molecular weight excluding hydrogens is 376 g/mol. The highest BCUT2D eigenvalue weighted by molar-refractivity contribution is 7.13. The molecule has 0 radical (unpaired) electrons. The fraction of sp³-hybridized carbons (Fsp3) is 0.400. The van der Waals surface area contributed by atoms with Gasteiger partial charge >= 0.3 is 0 Å². The Hall–Kier alpha value is -2.58. The summed E-state index contributed by atoms with van der Waals surface area (Å²) in [6, 6.07) is 7.36. The van der Waals surface area contributed by atoms with Crippen LogP contribution in [0.25, 0.3) is 10.4 Å². The molecular formula is C20H22N4O3S. The van der Waals surface area contributed by atoms with Crippen LogP contribution in [-0.2, 0) is 15.1 Å². The lowest BCUT2D eigenvalue weighted by Crippen LogP contribution is -2.45. The van der Waals surface area contributed by atoms with Gasteiger partial charge in [0.25, 0.3) is 5.91 Å². The second kappa shape index (κ2) is 6.79. The van der Waals surface area contributed by atoms with E-state index in [0.717, 1.165) is 21.7 Å². The van der Waals surface area contributed by atoms with Crippen molar-refractivity contribution < 1.29 is 14.7 Å². The minimum absolute atomic E-state index is 0.142. The molecule has 3 atom stereocenters. The van der Waals surface area contributed by atoms with Crippen molar-refractivity contribution in [3.8, 4) is 10.4 Å². The van der Waals surface area contributed by atoms with Gasteiger partial charge in [-0.25, -0.2) is 9.98 Å². The molecule has 2 amide bonds. The van der Waals surface area contributed by atoms with Crippen LogP contribution in [0.5, 0.6) is 0 Å². The van der Waals surface area contributed by atoms with E-state index in [4.69, 9.17) is 0 Å².